The SMILES string of the molecule is CCC(C)Nc1cc(Cl)cc(COc2c(Br)cc(CC(=O)O)cc2Br)c1F.Cc1cc(COc2c(Br)cc(C(=O)NCC(=O)O)cc2Br)cc(NCC(F)(F)F)c1.Cc1cc(COc2c(Br)cc(CCC(=O)O)cc2Br)cc(NCC(F)(F)F)c1.O=C(O)C(F)Cc1cc(Cl)c(OCc2cc(NCC(F)(F)F)cc(C(F)(F)F)c2)c(Cl)c1. The lowest BCUT2D eigenvalue weighted by Crippen LogP contribution is -2.29. The van der Waals surface area contributed by atoms with Crippen LogP contribution >= 0.6 is 130 Å². The Bertz CT molecular complexity index is 4730. The summed E-state index contributed by atoms with van der Waals surface area (Å²) in [4.78, 5) is 54.8. The normalized spacial score (nSPS) is 11.9. The molecule has 0 spiro atoms. The Morgan fingerprint density at radius 1 is 0.479 bits per heavy atom. The number of carboxylic acid groups (broad SMARTS) is 4. The van der Waals surface area contributed by atoms with Gasteiger partial charge >= 0.3 is 48.6 Å². The minimum absolute atomic E-state index is 0.0239. The molecule has 0 saturated carbocycles. The zero-order valence-corrected chi connectivity index (χ0v) is 72.8. The molecular weight excluding hydrogens is 2040 g/mol. The third-order valence-electron chi connectivity index (χ3n) is 15.2. The maximum absolute atomic E-state index is 14.8. The summed E-state index contributed by atoms with van der Waals surface area (Å²) in [5.41, 5.74) is 4.37. The lowest BCUT2D eigenvalue weighted by Gasteiger charge is -2.17. The van der Waals surface area contributed by atoms with Crippen molar-refractivity contribution in [2.45, 2.75) is 123 Å². The number of hydrogen-bond donors (Lipinski definition) is 9. The highest BCUT2D eigenvalue weighted by Gasteiger charge is 2.33. The van der Waals surface area contributed by atoms with Gasteiger partial charge in [0, 0.05) is 52.1 Å². The van der Waals surface area contributed by atoms with Gasteiger partial charge in [0.1, 0.15) is 69.9 Å². The number of rotatable bonds is 32. The molecule has 117 heavy (non-hydrogen) atoms. The zero-order valence-electron chi connectivity index (χ0n) is 61.0. The lowest BCUT2D eigenvalue weighted by molar-refractivity contribution is -0.143. The summed E-state index contributed by atoms with van der Waals surface area (Å²) in [7, 11) is 0. The summed E-state index contributed by atoms with van der Waals surface area (Å²) < 4.78 is 205. The van der Waals surface area contributed by atoms with Crippen LogP contribution < -0.4 is 45.5 Å². The first-order valence-corrected chi connectivity index (χ1v) is 39.6. The van der Waals surface area contributed by atoms with Crippen molar-refractivity contribution in [3.63, 3.8) is 0 Å². The van der Waals surface area contributed by atoms with Crippen LogP contribution in [0.15, 0.2) is 142 Å². The molecule has 9 N–H and O–H groups in total. The molecular formula is C76H68Br6Cl3F14N5O13. The molecule has 2 unspecified atom stereocenters. The average Bonchev–Trinajstić information content (AvgIpc) is 0.828. The maximum atomic E-state index is 14.8. The number of amides is 1. The van der Waals surface area contributed by atoms with Gasteiger partial charge in [-0.3, -0.25) is 19.2 Å². The van der Waals surface area contributed by atoms with Gasteiger partial charge in [-0.05, 0) is 277 Å². The zero-order chi connectivity index (χ0) is 87.8. The van der Waals surface area contributed by atoms with E-state index >= 15 is 0 Å². The molecule has 0 saturated heterocycles. The topological polar surface area (TPSA) is 263 Å². The molecule has 8 rings (SSSR count). The molecule has 0 fully saturated rings. The predicted molar refractivity (Wildman–Crippen MR) is 435 cm³/mol. The molecule has 0 radical (unpaired) electrons. The molecule has 0 bridgehead atoms. The molecule has 41 heteroatoms. The van der Waals surface area contributed by atoms with Crippen LogP contribution in [-0.4, -0.2) is 107 Å². The van der Waals surface area contributed by atoms with Crippen LogP contribution in [0.2, 0.25) is 15.1 Å². The van der Waals surface area contributed by atoms with Crippen LogP contribution in [0.3, 0.4) is 0 Å². The first kappa shape index (κ1) is 99.8. The average molecular weight is 2110 g/mol. The van der Waals surface area contributed by atoms with Crippen molar-refractivity contribution in [1.82, 2.24) is 5.32 Å². The second-order valence-electron chi connectivity index (χ2n) is 25.3. The highest BCUT2D eigenvalue weighted by Crippen LogP contribution is 2.42. The van der Waals surface area contributed by atoms with E-state index in [1.54, 1.807) is 74.5 Å². The number of carbonyl (C=O) groups excluding carboxylic acids is 1. The van der Waals surface area contributed by atoms with E-state index in [0.717, 1.165) is 34.7 Å². The van der Waals surface area contributed by atoms with Gasteiger partial charge in [-0.15, -0.1) is 0 Å². The number of nitrogens with one attached hydrogen (secondary N) is 5. The Balaban J connectivity index is 0.000000279. The Labute approximate surface area is 725 Å². The van der Waals surface area contributed by atoms with E-state index in [9.17, 15) is 85.4 Å². The smallest absolute Gasteiger partial charge is 0.416 e. The highest BCUT2D eigenvalue weighted by molar-refractivity contribution is 9.12. The highest BCUT2D eigenvalue weighted by atomic mass is 79.9. The fourth-order valence-electron chi connectivity index (χ4n) is 10.0. The van der Waals surface area contributed by atoms with Gasteiger partial charge in [0.2, 0.25) is 6.17 Å². The van der Waals surface area contributed by atoms with Crippen molar-refractivity contribution >= 4 is 183 Å². The summed E-state index contributed by atoms with van der Waals surface area (Å²) in [5.74, 6) is -4.42. The van der Waals surface area contributed by atoms with E-state index in [4.69, 9.17) is 74.2 Å². The van der Waals surface area contributed by atoms with E-state index in [1.165, 1.54) is 30.3 Å². The molecule has 8 aromatic carbocycles. The van der Waals surface area contributed by atoms with Gasteiger partial charge in [0.25, 0.3) is 5.91 Å². The second-order valence-corrected chi connectivity index (χ2v) is 31.6. The number of hydrogen-bond acceptors (Lipinski definition) is 13. The summed E-state index contributed by atoms with van der Waals surface area (Å²) in [6, 6.07) is 27.7. The molecule has 0 aliphatic rings. The molecule has 1 amide bonds. The summed E-state index contributed by atoms with van der Waals surface area (Å²) >= 11 is 38.3. The number of carbonyl (C=O) groups is 5. The summed E-state index contributed by atoms with van der Waals surface area (Å²) in [6.07, 6.45) is -19.7. The molecule has 8 aromatic rings. The number of anilines is 4. The van der Waals surface area contributed by atoms with Crippen molar-refractivity contribution in [2.75, 3.05) is 47.4 Å². The van der Waals surface area contributed by atoms with Crippen molar-refractivity contribution < 1.29 is 125 Å². The Kier molecular flexibility index (Phi) is 38.9. The minimum atomic E-state index is -4.82. The number of carboxylic acids is 4. The van der Waals surface area contributed by atoms with E-state index in [2.05, 4.69) is 117 Å². The number of aryl methyl sites for hydroxylation is 3. The van der Waals surface area contributed by atoms with E-state index < -0.39 is 117 Å². The monoisotopic (exact) mass is 2100 g/mol. The number of aliphatic carboxylic acids is 4. The van der Waals surface area contributed by atoms with Crippen LogP contribution in [-0.2, 0) is 71.0 Å². The van der Waals surface area contributed by atoms with Gasteiger partial charge in [-0.2, -0.15) is 52.7 Å². The predicted octanol–water partition coefficient (Wildman–Crippen LogP) is 23.9. The van der Waals surface area contributed by atoms with E-state index in [0.29, 0.717) is 101 Å². The Morgan fingerprint density at radius 2 is 0.889 bits per heavy atom. The number of halogens is 23. The molecule has 18 nitrogen and oxygen atoms in total. The molecule has 0 aliphatic heterocycles. The molecule has 0 heterocycles. The molecule has 636 valence electrons. The van der Waals surface area contributed by atoms with Gasteiger partial charge in [-0.25, -0.2) is 13.6 Å². The quantitative estimate of drug-likeness (QED) is 0.0177. The summed E-state index contributed by atoms with van der Waals surface area (Å²) in [5, 5.41) is 47.0. The number of ether oxygens (including phenoxy) is 4. The number of benzene rings is 8. The number of alkyl halides is 13. The van der Waals surface area contributed by atoms with Gasteiger partial charge < -0.3 is 66.0 Å². The molecule has 0 aromatic heterocycles. The minimum Gasteiger partial charge on any atom is -0.487 e. The van der Waals surface area contributed by atoms with Crippen LogP contribution in [0.25, 0.3) is 0 Å². The van der Waals surface area contributed by atoms with Crippen molar-refractivity contribution in [1.29, 1.82) is 0 Å². The third-order valence-corrected chi connectivity index (χ3v) is 19.5. The van der Waals surface area contributed by atoms with Crippen molar-refractivity contribution in [2.24, 2.45) is 0 Å². The molecule has 2 atom stereocenters. The van der Waals surface area contributed by atoms with E-state index in [1.807, 2.05) is 25.2 Å². The van der Waals surface area contributed by atoms with Gasteiger partial charge in [0.15, 0.2) is 11.6 Å². The maximum Gasteiger partial charge on any atom is 0.416 e. The van der Waals surface area contributed by atoms with Gasteiger partial charge in [-0.1, -0.05) is 53.9 Å². The Hall–Kier alpha value is -7.72. The van der Waals surface area contributed by atoms with Crippen LogP contribution in [0.5, 0.6) is 23.0 Å². The lowest BCUT2D eigenvalue weighted by atomic mass is 10.1. The standard InChI is InChI=1S/C19H19Br2ClFNO3.C19H17Br2F3N2O4.C19H18Br2F3NO3.C19H14Cl2F7NO3/c1-3-10(2)24-16-8-13(22)7-12(18(16)23)9-27-19-14(20)4-11(5-15(19)21)6-17(25)26;1-10-2-11(4-13(3-10)26-9-19(22,23)24)8-30-17-14(20)5-12(6-15(17)21)18(29)25-7-16(27)28;1-11-4-13(6-14(5-11)25-10-19(22,23)24)9-28-18-15(20)7-12(8-16(18)21)2-3-17(26)27;20-13-3-9(5-15(22)17(30)31)4-14(21)16(13)32-7-10-1-11(19(26,27)28)6-12(2-10)29-8-18(23,24)25/h4-5,7-8,10,24H,3,6,9H2,1-2H3,(H,25,26);2-6,26H,7-9H2,1H3,(H,25,29)(H,27,28);4-8,25H,2-3,9-10H2,1H3,(H,26,27);1-4,6,15,29H,5,7-8H2,(H,30,31). The van der Waals surface area contributed by atoms with Crippen LogP contribution in [0.4, 0.5) is 84.2 Å². The largest absolute Gasteiger partial charge is 0.487 e. The van der Waals surface area contributed by atoms with Crippen molar-refractivity contribution in [3.05, 3.63) is 224 Å². The first-order chi connectivity index (χ1) is 54.3. The van der Waals surface area contributed by atoms with Gasteiger partial charge in [0.05, 0.1) is 54.6 Å². The first-order valence-electron chi connectivity index (χ1n) is 33.7. The summed E-state index contributed by atoms with van der Waals surface area (Å²) in [6.45, 7) is 2.90. The Morgan fingerprint density at radius 3 is 1.29 bits per heavy atom. The van der Waals surface area contributed by atoms with Crippen LogP contribution in [0.1, 0.15) is 92.7 Å². The van der Waals surface area contributed by atoms with E-state index in [-0.39, 0.29) is 71.2 Å². The third kappa shape index (κ3) is 36.0. The van der Waals surface area contributed by atoms with Crippen molar-refractivity contribution in [3.8, 4) is 23.0 Å². The second kappa shape index (κ2) is 45.6. The fraction of sp³-hybridized carbons (Fsp3) is 0.303. The molecule has 0 aliphatic carbocycles. The fourth-order valence-corrected chi connectivity index (χ4v) is 15.3. The van der Waals surface area contributed by atoms with Crippen LogP contribution in [0, 0.1) is 19.7 Å².